The number of hydrogen-bond donors (Lipinski definition) is 1. The molecule has 0 amide bonds. The second-order valence-corrected chi connectivity index (χ2v) is 6.18. The van der Waals surface area contributed by atoms with Crippen LogP contribution < -0.4 is 5.32 Å². The minimum atomic E-state index is 0.464. The zero-order valence-corrected chi connectivity index (χ0v) is 12.9. The van der Waals surface area contributed by atoms with Crippen LogP contribution in [0.2, 0.25) is 0 Å². The third-order valence-electron chi connectivity index (χ3n) is 3.36. The van der Waals surface area contributed by atoms with Crippen LogP contribution in [0.15, 0.2) is 35.7 Å². The first-order chi connectivity index (χ1) is 9.19. The van der Waals surface area contributed by atoms with E-state index >= 15 is 0 Å². The maximum absolute atomic E-state index is 3.62. The Morgan fingerprint density at radius 3 is 2.47 bits per heavy atom. The van der Waals surface area contributed by atoms with Crippen LogP contribution in [0.5, 0.6) is 0 Å². The van der Waals surface area contributed by atoms with Gasteiger partial charge in [0.1, 0.15) is 0 Å². The van der Waals surface area contributed by atoms with Crippen molar-refractivity contribution in [2.45, 2.75) is 39.7 Å². The van der Waals surface area contributed by atoms with Gasteiger partial charge in [0.15, 0.2) is 0 Å². The summed E-state index contributed by atoms with van der Waals surface area (Å²) in [5.41, 5.74) is 4.14. The second kappa shape index (κ2) is 6.88. The van der Waals surface area contributed by atoms with Gasteiger partial charge in [-0.2, -0.15) is 0 Å². The zero-order chi connectivity index (χ0) is 13.7. The smallest absolute Gasteiger partial charge is 0.0323 e. The van der Waals surface area contributed by atoms with E-state index in [1.165, 1.54) is 21.6 Å². The van der Waals surface area contributed by atoms with Crippen molar-refractivity contribution in [2.75, 3.05) is 6.54 Å². The molecule has 0 aliphatic rings. The molecule has 1 aromatic heterocycles. The molecule has 0 fully saturated rings. The molecule has 0 saturated carbocycles. The van der Waals surface area contributed by atoms with Crippen LogP contribution in [0, 0.1) is 13.8 Å². The Labute approximate surface area is 120 Å². The lowest BCUT2D eigenvalue weighted by Gasteiger charge is -2.19. The zero-order valence-electron chi connectivity index (χ0n) is 12.1. The Hall–Kier alpha value is -1.12. The lowest BCUT2D eigenvalue weighted by molar-refractivity contribution is 0.516. The highest BCUT2D eigenvalue weighted by Gasteiger charge is 2.11. The Balaban J connectivity index is 2.09. The Kier molecular flexibility index (Phi) is 5.17. The molecular formula is C17H23NS. The highest BCUT2D eigenvalue weighted by atomic mass is 32.1. The molecule has 19 heavy (non-hydrogen) atoms. The largest absolute Gasteiger partial charge is 0.310 e. The number of nitrogens with one attached hydrogen (secondary N) is 1. The van der Waals surface area contributed by atoms with E-state index in [0.717, 1.165) is 19.4 Å². The van der Waals surface area contributed by atoms with E-state index in [4.69, 9.17) is 0 Å². The van der Waals surface area contributed by atoms with Crippen LogP contribution in [0.3, 0.4) is 0 Å². The van der Waals surface area contributed by atoms with Crippen molar-refractivity contribution >= 4 is 11.3 Å². The van der Waals surface area contributed by atoms with E-state index in [0.29, 0.717) is 6.04 Å². The summed E-state index contributed by atoms with van der Waals surface area (Å²) in [6.45, 7) is 7.56. The fraction of sp³-hybridized carbons (Fsp3) is 0.412. The van der Waals surface area contributed by atoms with Gasteiger partial charge in [0.25, 0.3) is 0 Å². The molecule has 0 bridgehead atoms. The maximum atomic E-state index is 3.62. The summed E-state index contributed by atoms with van der Waals surface area (Å²) in [7, 11) is 0. The van der Waals surface area contributed by atoms with Crippen LogP contribution in [-0.2, 0) is 6.42 Å². The van der Waals surface area contributed by atoms with Gasteiger partial charge in [-0.25, -0.2) is 0 Å². The molecular weight excluding hydrogens is 250 g/mol. The summed E-state index contributed by atoms with van der Waals surface area (Å²) in [5, 5.41) is 5.78. The Bertz CT molecular complexity index is 482. The number of thiophene rings is 1. The van der Waals surface area contributed by atoms with E-state index in [2.05, 4.69) is 61.8 Å². The highest BCUT2D eigenvalue weighted by molar-refractivity contribution is 7.09. The number of benzene rings is 1. The number of aryl methyl sites for hydroxylation is 3. The highest BCUT2D eigenvalue weighted by Crippen LogP contribution is 2.23. The first kappa shape index (κ1) is 14.3. The third-order valence-corrected chi connectivity index (χ3v) is 4.29. The standard InChI is InChI=1S/C17H23NS/c1-4-18-17(8-7-16-6-5-9-19-16)15-11-13(2)10-14(3)12-15/h5-6,9-12,17-18H,4,7-8H2,1-3H3. The second-order valence-electron chi connectivity index (χ2n) is 5.15. The van der Waals surface area contributed by atoms with E-state index in [1.54, 1.807) is 0 Å². The molecule has 2 rings (SSSR count). The lowest BCUT2D eigenvalue weighted by atomic mass is 9.97. The van der Waals surface area contributed by atoms with E-state index in [9.17, 15) is 0 Å². The lowest BCUT2D eigenvalue weighted by Crippen LogP contribution is -2.21. The molecule has 1 N–H and O–H groups in total. The molecule has 0 aliphatic carbocycles. The Morgan fingerprint density at radius 2 is 1.89 bits per heavy atom. The minimum Gasteiger partial charge on any atom is -0.310 e. The molecule has 102 valence electrons. The quantitative estimate of drug-likeness (QED) is 0.808. The molecule has 0 spiro atoms. The van der Waals surface area contributed by atoms with Crippen LogP contribution in [0.4, 0.5) is 0 Å². The molecule has 2 heteroatoms. The molecule has 0 radical (unpaired) electrons. The Morgan fingerprint density at radius 1 is 1.16 bits per heavy atom. The van der Waals surface area contributed by atoms with Crippen LogP contribution in [-0.4, -0.2) is 6.54 Å². The van der Waals surface area contributed by atoms with Crippen molar-refractivity contribution in [3.05, 3.63) is 57.3 Å². The molecule has 2 aromatic rings. The molecule has 0 aliphatic heterocycles. The van der Waals surface area contributed by atoms with Gasteiger partial charge in [-0.15, -0.1) is 11.3 Å². The SMILES string of the molecule is CCNC(CCc1cccs1)c1cc(C)cc(C)c1. The monoisotopic (exact) mass is 273 g/mol. The normalized spacial score (nSPS) is 12.6. The fourth-order valence-corrected chi connectivity index (χ4v) is 3.31. The van der Waals surface area contributed by atoms with E-state index < -0.39 is 0 Å². The van der Waals surface area contributed by atoms with Crippen molar-refractivity contribution in [1.82, 2.24) is 5.32 Å². The minimum absolute atomic E-state index is 0.464. The average Bonchev–Trinajstić information content (AvgIpc) is 2.86. The molecule has 1 unspecified atom stereocenters. The molecule has 1 nitrogen and oxygen atoms in total. The first-order valence-electron chi connectivity index (χ1n) is 7.03. The van der Waals surface area contributed by atoms with Gasteiger partial charge in [-0.05, 0) is 50.2 Å². The summed E-state index contributed by atoms with van der Waals surface area (Å²) < 4.78 is 0. The number of hydrogen-bond acceptors (Lipinski definition) is 2. The first-order valence-corrected chi connectivity index (χ1v) is 7.91. The molecule has 0 saturated heterocycles. The van der Waals surface area contributed by atoms with Crippen LogP contribution >= 0.6 is 11.3 Å². The summed E-state index contributed by atoms with van der Waals surface area (Å²) in [6, 6.07) is 11.7. The van der Waals surface area contributed by atoms with Gasteiger partial charge in [0.2, 0.25) is 0 Å². The van der Waals surface area contributed by atoms with Gasteiger partial charge in [0, 0.05) is 10.9 Å². The third kappa shape index (κ3) is 4.19. The van der Waals surface area contributed by atoms with Crippen molar-refractivity contribution < 1.29 is 0 Å². The van der Waals surface area contributed by atoms with Crippen molar-refractivity contribution in [2.24, 2.45) is 0 Å². The van der Waals surface area contributed by atoms with Crippen molar-refractivity contribution in [3.8, 4) is 0 Å². The summed E-state index contributed by atoms with van der Waals surface area (Å²) in [6.07, 6.45) is 2.32. The van der Waals surface area contributed by atoms with Crippen molar-refractivity contribution in [3.63, 3.8) is 0 Å². The predicted molar refractivity (Wildman–Crippen MR) is 85.0 cm³/mol. The molecule has 1 atom stereocenters. The van der Waals surface area contributed by atoms with E-state index in [1.807, 2.05) is 11.3 Å². The predicted octanol–water partition coefficient (Wildman–Crippen LogP) is 4.65. The van der Waals surface area contributed by atoms with E-state index in [-0.39, 0.29) is 0 Å². The van der Waals surface area contributed by atoms with Crippen LogP contribution in [0.1, 0.15) is 41.0 Å². The van der Waals surface area contributed by atoms with Crippen LogP contribution in [0.25, 0.3) is 0 Å². The van der Waals surface area contributed by atoms with Crippen molar-refractivity contribution in [1.29, 1.82) is 0 Å². The topological polar surface area (TPSA) is 12.0 Å². The summed E-state index contributed by atoms with van der Waals surface area (Å²) in [5.74, 6) is 0. The van der Waals surface area contributed by atoms with Gasteiger partial charge in [-0.3, -0.25) is 0 Å². The summed E-state index contributed by atoms with van der Waals surface area (Å²) in [4.78, 5) is 1.48. The van der Waals surface area contributed by atoms with Gasteiger partial charge in [0.05, 0.1) is 0 Å². The number of rotatable bonds is 6. The molecule has 1 aromatic carbocycles. The average molecular weight is 273 g/mol. The van der Waals surface area contributed by atoms with Gasteiger partial charge < -0.3 is 5.32 Å². The molecule has 1 heterocycles. The van der Waals surface area contributed by atoms with Gasteiger partial charge >= 0.3 is 0 Å². The summed E-state index contributed by atoms with van der Waals surface area (Å²) >= 11 is 1.86. The van der Waals surface area contributed by atoms with Gasteiger partial charge in [-0.1, -0.05) is 42.3 Å². The maximum Gasteiger partial charge on any atom is 0.0323 e. The fourth-order valence-electron chi connectivity index (χ4n) is 2.59.